The van der Waals surface area contributed by atoms with Crippen molar-refractivity contribution in [1.82, 2.24) is 20.2 Å². The van der Waals surface area contributed by atoms with E-state index in [-0.39, 0.29) is 17.5 Å². The number of pyridine rings is 2. The Morgan fingerprint density at radius 3 is 2.74 bits per heavy atom. The van der Waals surface area contributed by atoms with Crippen molar-refractivity contribution >= 4 is 11.8 Å². The summed E-state index contributed by atoms with van der Waals surface area (Å²) in [5.41, 5.74) is 1.66. The third kappa shape index (κ3) is 3.71. The first kappa shape index (κ1) is 15.1. The Labute approximate surface area is 134 Å². The highest BCUT2D eigenvalue weighted by molar-refractivity contribution is 5.98. The number of carbonyl (C=O) groups is 2. The summed E-state index contributed by atoms with van der Waals surface area (Å²) < 4.78 is 0. The number of rotatable bonds is 4. The van der Waals surface area contributed by atoms with Crippen molar-refractivity contribution in [2.45, 2.75) is 19.4 Å². The average Bonchev–Trinajstić information content (AvgIpc) is 3.14. The van der Waals surface area contributed by atoms with Crippen molar-refractivity contribution in [2.75, 3.05) is 13.1 Å². The summed E-state index contributed by atoms with van der Waals surface area (Å²) in [6, 6.07) is 6.90. The second kappa shape index (κ2) is 7.00. The van der Waals surface area contributed by atoms with Gasteiger partial charge in [0, 0.05) is 43.8 Å². The van der Waals surface area contributed by atoms with Crippen LogP contribution in [0.25, 0.3) is 0 Å². The van der Waals surface area contributed by atoms with Crippen molar-refractivity contribution in [3.63, 3.8) is 0 Å². The highest BCUT2D eigenvalue weighted by Crippen LogP contribution is 2.13. The van der Waals surface area contributed by atoms with E-state index in [0.717, 1.165) is 31.5 Å². The SMILES string of the molecule is O=C(NCc1cccnc1)c1cc(C(=O)N2CCCC2)ccn1. The maximum Gasteiger partial charge on any atom is 0.270 e. The van der Waals surface area contributed by atoms with Gasteiger partial charge in [0.25, 0.3) is 11.8 Å². The Hall–Kier alpha value is -2.76. The zero-order chi connectivity index (χ0) is 16.1. The molecule has 1 saturated heterocycles. The van der Waals surface area contributed by atoms with Crippen LogP contribution in [-0.2, 0) is 6.54 Å². The topological polar surface area (TPSA) is 75.2 Å². The molecule has 0 atom stereocenters. The van der Waals surface area contributed by atoms with Crippen LogP contribution in [0.4, 0.5) is 0 Å². The Balaban J connectivity index is 1.66. The van der Waals surface area contributed by atoms with Crippen molar-refractivity contribution in [3.8, 4) is 0 Å². The molecule has 1 aliphatic heterocycles. The average molecular weight is 310 g/mol. The molecule has 0 bridgehead atoms. The summed E-state index contributed by atoms with van der Waals surface area (Å²) in [5, 5.41) is 2.78. The molecular weight excluding hydrogens is 292 g/mol. The lowest BCUT2D eigenvalue weighted by Crippen LogP contribution is -2.28. The summed E-state index contributed by atoms with van der Waals surface area (Å²) in [6.45, 7) is 1.94. The van der Waals surface area contributed by atoms with E-state index in [9.17, 15) is 9.59 Å². The number of hydrogen-bond donors (Lipinski definition) is 1. The fourth-order valence-corrected chi connectivity index (χ4v) is 2.57. The molecular formula is C17H18N4O2. The molecule has 1 N–H and O–H groups in total. The van der Waals surface area contributed by atoms with Crippen molar-refractivity contribution in [2.24, 2.45) is 0 Å². The van der Waals surface area contributed by atoms with Crippen LogP contribution in [-0.4, -0.2) is 39.8 Å². The van der Waals surface area contributed by atoms with Crippen LogP contribution < -0.4 is 5.32 Å². The molecule has 2 aromatic heterocycles. The van der Waals surface area contributed by atoms with Crippen LogP contribution in [0.5, 0.6) is 0 Å². The number of hydrogen-bond acceptors (Lipinski definition) is 4. The third-order valence-electron chi connectivity index (χ3n) is 3.81. The van der Waals surface area contributed by atoms with Gasteiger partial charge in [0.2, 0.25) is 0 Å². The van der Waals surface area contributed by atoms with Gasteiger partial charge in [-0.3, -0.25) is 19.6 Å². The zero-order valence-electron chi connectivity index (χ0n) is 12.7. The molecule has 0 saturated carbocycles. The highest BCUT2D eigenvalue weighted by atomic mass is 16.2. The number of amides is 2. The molecule has 6 nitrogen and oxygen atoms in total. The predicted molar refractivity (Wildman–Crippen MR) is 84.8 cm³/mol. The van der Waals surface area contributed by atoms with Crippen molar-refractivity contribution in [3.05, 3.63) is 59.7 Å². The lowest BCUT2D eigenvalue weighted by Gasteiger charge is -2.15. The van der Waals surface area contributed by atoms with Crippen molar-refractivity contribution in [1.29, 1.82) is 0 Å². The van der Waals surface area contributed by atoms with E-state index < -0.39 is 0 Å². The molecule has 0 unspecified atom stereocenters. The fraction of sp³-hybridized carbons (Fsp3) is 0.294. The van der Waals surface area contributed by atoms with E-state index in [0.29, 0.717) is 12.1 Å². The quantitative estimate of drug-likeness (QED) is 0.931. The molecule has 118 valence electrons. The molecule has 0 spiro atoms. The standard InChI is InChI=1S/C17H18N4O2/c22-16(20-12-13-4-3-6-18-11-13)15-10-14(5-7-19-15)17(23)21-8-1-2-9-21/h3-7,10-11H,1-2,8-9,12H2,(H,20,22). The molecule has 0 radical (unpaired) electrons. The normalized spacial score (nSPS) is 13.8. The summed E-state index contributed by atoms with van der Waals surface area (Å²) >= 11 is 0. The number of aromatic nitrogens is 2. The van der Waals surface area contributed by atoms with Crippen LogP contribution in [0.2, 0.25) is 0 Å². The number of nitrogens with zero attached hydrogens (tertiary/aromatic N) is 3. The van der Waals surface area contributed by atoms with Gasteiger partial charge < -0.3 is 10.2 Å². The van der Waals surface area contributed by atoms with Crippen molar-refractivity contribution < 1.29 is 9.59 Å². The predicted octanol–water partition coefficient (Wildman–Crippen LogP) is 1.64. The summed E-state index contributed by atoms with van der Waals surface area (Å²) in [7, 11) is 0. The molecule has 3 rings (SSSR count). The summed E-state index contributed by atoms with van der Waals surface area (Å²) in [6.07, 6.45) is 6.95. The van der Waals surface area contributed by atoms with E-state index in [1.165, 1.54) is 6.20 Å². The van der Waals surface area contributed by atoms with E-state index in [2.05, 4.69) is 15.3 Å². The van der Waals surface area contributed by atoms with Gasteiger partial charge in [0.1, 0.15) is 5.69 Å². The monoisotopic (exact) mass is 310 g/mol. The first-order valence-corrected chi connectivity index (χ1v) is 7.66. The molecule has 1 fully saturated rings. The minimum absolute atomic E-state index is 0.0359. The lowest BCUT2D eigenvalue weighted by atomic mass is 10.2. The Morgan fingerprint density at radius 2 is 2.00 bits per heavy atom. The van der Waals surface area contributed by atoms with Crippen LogP contribution in [0.1, 0.15) is 39.3 Å². The number of likely N-dealkylation sites (tertiary alicyclic amines) is 1. The summed E-state index contributed by atoms with van der Waals surface area (Å²) in [4.78, 5) is 34.4. The van der Waals surface area contributed by atoms with Gasteiger partial charge in [-0.2, -0.15) is 0 Å². The third-order valence-corrected chi connectivity index (χ3v) is 3.81. The largest absolute Gasteiger partial charge is 0.347 e. The smallest absolute Gasteiger partial charge is 0.270 e. The fourth-order valence-electron chi connectivity index (χ4n) is 2.57. The Bertz CT molecular complexity index is 697. The van der Waals surface area contributed by atoms with E-state index in [1.807, 2.05) is 17.0 Å². The molecule has 2 aromatic rings. The van der Waals surface area contributed by atoms with Gasteiger partial charge in [0.15, 0.2) is 0 Å². The highest BCUT2D eigenvalue weighted by Gasteiger charge is 2.20. The molecule has 0 aliphatic carbocycles. The van der Waals surface area contributed by atoms with E-state index >= 15 is 0 Å². The van der Waals surface area contributed by atoms with Crippen LogP contribution in [0.15, 0.2) is 42.9 Å². The minimum Gasteiger partial charge on any atom is -0.347 e. The molecule has 0 aromatic carbocycles. The maximum atomic E-state index is 12.4. The van der Waals surface area contributed by atoms with Gasteiger partial charge in [-0.25, -0.2) is 0 Å². The molecule has 3 heterocycles. The maximum absolute atomic E-state index is 12.4. The molecule has 2 amide bonds. The molecule has 6 heteroatoms. The van der Waals surface area contributed by atoms with Gasteiger partial charge in [-0.1, -0.05) is 6.07 Å². The first-order chi connectivity index (χ1) is 11.2. The number of nitrogens with one attached hydrogen (secondary N) is 1. The Kier molecular flexibility index (Phi) is 4.61. The van der Waals surface area contributed by atoms with Crippen LogP contribution in [0, 0.1) is 0 Å². The van der Waals surface area contributed by atoms with Gasteiger partial charge in [-0.15, -0.1) is 0 Å². The Morgan fingerprint density at radius 1 is 1.17 bits per heavy atom. The minimum atomic E-state index is -0.301. The first-order valence-electron chi connectivity index (χ1n) is 7.66. The van der Waals surface area contributed by atoms with Gasteiger partial charge >= 0.3 is 0 Å². The van der Waals surface area contributed by atoms with E-state index in [4.69, 9.17) is 0 Å². The lowest BCUT2D eigenvalue weighted by molar-refractivity contribution is 0.0792. The second-order valence-corrected chi connectivity index (χ2v) is 5.47. The molecule has 1 aliphatic rings. The second-order valence-electron chi connectivity index (χ2n) is 5.47. The number of carbonyl (C=O) groups excluding carboxylic acids is 2. The van der Waals surface area contributed by atoms with Gasteiger partial charge in [0.05, 0.1) is 0 Å². The van der Waals surface area contributed by atoms with Crippen LogP contribution in [0.3, 0.4) is 0 Å². The van der Waals surface area contributed by atoms with E-state index in [1.54, 1.807) is 24.5 Å². The summed E-state index contributed by atoms with van der Waals surface area (Å²) in [5.74, 6) is -0.337. The van der Waals surface area contributed by atoms with Gasteiger partial charge in [-0.05, 0) is 36.6 Å². The molecule has 23 heavy (non-hydrogen) atoms. The zero-order valence-corrected chi connectivity index (χ0v) is 12.7. The van der Waals surface area contributed by atoms with Crippen LogP contribution >= 0.6 is 0 Å².